The highest BCUT2D eigenvalue weighted by Crippen LogP contribution is 2.26. The summed E-state index contributed by atoms with van der Waals surface area (Å²) in [6, 6.07) is 4.89. The van der Waals surface area contributed by atoms with Gasteiger partial charge in [-0.3, -0.25) is 0 Å². The third-order valence-corrected chi connectivity index (χ3v) is 2.96. The Morgan fingerprint density at radius 1 is 1.23 bits per heavy atom. The van der Waals surface area contributed by atoms with Crippen LogP contribution in [0.2, 0.25) is 5.02 Å². The van der Waals surface area contributed by atoms with Gasteiger partial charge >= 0.3 is 11.9 Å². The summed E-state index contributed by atoms with van der Waals surface area (Å²) in [5.41, 5.74) is 6.37. The lowest BCUT2D eigenvalue weighted by atomic mass is 10.2. The molecule has 0 radical (unpaired) electrons. The summed E-state index contributed by atoms with van der Waals surface area (Å²) in [5.74, 6) is -2.90. The summed E-state index contributed by atoms with van der Waals surface area (Å²) in [7, 11) is 0. The minimum Gasteiger partial charge on any atom is -0.478 e. The number of hydrogen-bond donors (Lipinski definition) is 3. The molecule has 0 aliphatic carbocycles. The SMILES string of the molecule is NCCn1ccc2c(Cl)c(F)ccc21.O=C(O)/C=C/C(=O)O. The van der Waals surface area contributed by atoms with E-state index in [1.54, 1.807) is 12.1 Å². The second kappa shape index (κ2) is 8.16. The van der Waals surface area contributed by atoms with E-state index >= 15 is 0 Å². The average molecular weight is 329 g/mol. The largest absolute Gasteiger partial charge is 0.478 e. The zero-order valence-corrected chi connectivity index (χ0v) is 12.1. The number of nitrogens with zero attached hydrogens (tertiary/aromatic N) is 1. The lowest BCUT2D eigenvalue weighted by molar-refractivity contribution is -0.134. The highest BCUT2D eigenvalue weighted by Gasteiger charge is 2.07. The Bertz CT molecular complexity index is 696. The Morgan fingerprint density at radius 3 is 2.32 bits per heavy atom. The molecule has 2 aromatic rings. The van der Waals surface area contributed by atoms with Crippen LogP contribution in [0, 0.1) is 5.82 Å². The standard InChI is InChI=1S/C10H10ClFN2.C4H4O4/c11-10-7-3-5-14(6-4-13)9(7)2-1-8(10)12;5-3(6)1-2-4(7)8/h1-3,5H,4,6,13H2;1-2H,(H,5,6)(H,7,8)/b;2-1+. The fourth-order valence-corrected chi connectivity index (χ4v) is 1.91. The normalized spacial score (nSPS) is 10.5. The number of halogens is 2. The Balaban J connectivity index is 0.000000261. The first-order valence-electron chi connectivity index (χ1n) is 6.13. The molecule has 8 heteroatoms. The summed E-state index contributed by atoms with van der Waals surface area (Å²) >= 11 is 5.82. The first-order valence-corrected chi connectivity index (χ1v) is 6.51. The number of rotatable bonds is 4. The number of hydrogen-bond acceptors (Lipinski definition) is 3. The maximum atomic E-state index is 13.1. The zero-order chi connectivity index (χ0) is 16.7. The fraction of sp³-hybridized carbons (Fsp3) is 0.143. The predicted molar refractivity (Wildman–Crippen MR) is 80.4 cm³/mol. The molecule has 1 aromatic heterocycles. The summed E-state index contributed by atoms with van der Waals surface area (Å²) in [6.45, 7) is 1.27. The molecule has 0 atom stereocenters. The van der Waals surface area contributed by atoms with Gasteiger partial charge in [0.25, 0.3) is 0 Å². The summed E-state index contributed by atoms with van der Waals surface area (Å²) in [5, 5.41) is 16.5. The van der Waals surface area contributed by atoms with E-state index in [-0.39, 0.29) is 10.8 Å². The maximum Gasteiger partial charge on any atom is 0.328 e. The van der Waals surface area contributed by atoms with Gasteiger partial charge in [0.2, 0.25) is 0 Å². The van der Waals surface area contributed by atoms with Crippen LogP contribution in [0.1, 0.15) is 0 Å². The van der Waals surface area contributed by atoms with Crippen molar-refractivity contribution in [3.8, 4) is 0 Å². The van der Waals surface area contributed by atoms with Crippen molar-refractivity contribution in [3.63, 3.8) is 0 Å². The molecule has 0 aliphatic rings. The molecule has 0 spiro atoms. The van der Waals surface area contributed by atoms with E-state index < -0.39 is 11.9 Å². The minimum atomic E-state index is -1.26. The van der Waals surface area contributed by atoms with E-state index in [0.717, 1.165) is 10.9 Å². The first-order chi connectivity index (χ1) is 10.4. The van der Waals surface area contributed by atoms with Gasteiger partial charge in [-0.15, -0.1) is 0 Å². The van der Waals surface area contributed by atoms with Crippen LogP contribution in [-0.4, -0.2) is 33.3 Å². The molecule has 0 aliphatic heterocycles. The highest BCUT2D eigenvalue weighted by atomic mass is 35.5. The smallest absolute Gasteiger partial charge is 0.328 e. The van der Waals surface area contributed by atoms with Crippen molar-refractivity contribution in [2.45, 2.75) is 6.54 Å². The van der Waals surface area contributed by atoms with Crippen LogP contribution in [0.4, 0.5) is 4.39 Å². The van der Waals surface area contributed by atoms with Gasteiger partial charge in [0.1, 0.15) is 5.82 Å². The zero-order valence-electron chi connectivity index (χ0n) is 11.4. The number of aliphatic carboxylic acids is 2. The fourth-order valence-electron chi connectivity index (χ4n) is 1.69. The molecule has 1 aromatic carbocycles. The molecule has 0 bridgehead atoms. The van der Waals surface area contributed by atoms with Gasteiger partial charge in [-0.05, 0) is 18.2 Å². The monoisotopic (exact) mass is 328 g/mol. The Morgan fingerprint density at radius 2 is 1.82 bits per heavy atom. The summed E-state index contributed by atoms with van der Waals surface area (Å²) in [4.78, 5) is 19.1. The van der Waals surface area contributed by atoms with E-state index in [9.17, 15) is 14.0 Å². The van der Waals surface area contributed by atoms with Crippen LogP contribution in [0.25, 0.3) is 10.9 Å². The number of nitrogens with two attached hydrogens (primary N) is 1. The number of benzene rings is 1. The Labute approximate surface area is 130 Å². The average Bonchev–Trinajstić information content (AvgIpc) is 2.86. The molecule has 118 valence electrons. The molecule has 4 N–H and O–H groups in total. The first kappa shape index (κ1) is 17.7. The molecule has 0 fully saturated rings. The molecular weight excluding hydrogens is 315 g/mol. The quantitative estimate of drug-likeness (QED) is 0.745. The second-order valence-corrected chi connectivity index (χ2v) is 4.48. The van der Waals surface area contributed by atoms with Gasteiger partial charge in [0.15, 0.2) is 0 Å². The molecule has 1 heterocycles. The van der Waals surface area contributed by atoms with Gasteiger partial charge in [-0.2, -0.15) is 0 Å². The maximum absolute atomic E-state index is 13.1. The van der Waals surface area contributed by atoms with Crippen LogP contribution >= 0.6 is 11.6 Å². The molecule has 0 saturated heterocycles. The van der Waals surface area contributed by atoms with Crippen LogP contribution in [0.3, 0.4) is 0 Å². The number of aromatic nitrogens is 1. The van der Waals surface area contributed by atoms with Crippen molar-refractivity contribution >= 4 is 34.4 Å². The van der Waals surface area contributed by atoms with Crippen molar-refractivity contribution in [1.82, 2.24) is 4.57 Å². The van der Waals surface area contributed by atoms with Crippen LogP contribution in [-0.2, 0) is 16.1 Å². The van der Waals surface area contributed by atoms with Crippen molar-refractivity contribution in [2.24, 2.45) is 5.73 Å². The lowest BCUT2D eigenvalue weighted by Crippen LogP contribution is -2.08. The van der Waals surface area contributed by atoms with Crippen molar-refractivity contribution in [1.29, 1.82) is 0 Å². The Hall–Kier alpha value is -2.38. The van der Waals surface area contributed by atoms with Crippen LogP contribution < -0.4 is 5.73 Å². The number of carboxylic acids is 2. The molecule has 6 nitrogen and oxygen atoms in total. The van der Waals surface area contributed by atoms with Crippen molar-refractivity contribution < 1.29 is 24.2 Å². The lowest BCUT2D eigenvalue weighted by Gasteiger charge is -2.03. The van der Waals surface area contributed by atoms with E-state index in [4.69, 9.17) is 27.5 Å². The van der Waals surface area contributed by atoms with Crippen molar-refractivity contribution in [2.75, 3.05) is 6.54 Å². The Kier molecular flexibility index (Phi) is 6.55. The molecule has 22 heavy (non-hydrogen) atoms. The minimum absolute atomic E-state index is 0.179. The van der Waals surface area contributed by atoms with Crippen molar-refractivity contribution in [3.05, 3.63) is 47.4 Å². The van der Waals surface area contributed by atoms with E-state index in [1.807, 2.05) is 10.8 Å². The topological polar surface area (TPSA) is 106 Å². The molecule has 0 saturated carbocycles. The van der Waals surface area contributed by atoms with Crippen LogP contribution in [0.15, 0.2) is 36.5 Å². The molecule has 0 amide bonds. The van der Waals surface area contributed by atoms with E-state index in [0.29, 0.717) is 25.2 Å². The van der Waals surface area contributed by atoms with Crippen LogP contribution in [0.5, 0.6) is 0 Å². The van der Waals surface area contributed by atoms with Gasteiger partial charge in [0, 0.05) is 42.3 Å². The summed E-state index contributed by atoms with van der Waals surface area (Å²) in [6.07, 6.45) is 2.98. The number of carbonyl (C=O) groups is 2. The van der Waals surface area contributed by atoms with Gasteiger partial charge in [0.05, 0.1) is 5.02 Å². The van der Waals surface area contributed by atoms with E-state index in [1.165, 1.54) is 6.07 Å². The van der Waals surface area contributed by atoms with E-state index in [2.05, 4.69) is 0 Å². The second-order valence-electron chi connectivity index (χ2n) is 4.10. The predicted octanol–water partition coefficient (Wildman–Crippen LogP) is 2.10. The molecule has 2 rings (SSSR count). The van der Waals surface area contributed by atoms with Gasteiger partial charge < -0.3 is 20.5 Å². The number of fused-ring (bicyclic) bond motifs is 1. The third-order valence-electron chi connectivity index (χ3n) is 2.58. The number of carboxylic acid groups (broad SMARTS) is 2. The van der Waals surface area contributed by atoms with Gasteiger partial charge in [-0.25, -0.2) is 14.0 Å². The molecule has 0 unspecified atom stereocenters. The summed E-state index contributed by atoms with van der Waals surface area (Å²) < 4.78 is 15.0. The highest BCUT2D eigenvalue weighted by molar-refractivity contribution is 6.35. The third kappa shape index (κ3) is 4.87. The molecular formula is C14H14ClFN2O4. The van der Waals surface area contributed by atoms with Gasteiger partial charge in [-0.1, -0.05) is 11.6 Å².